The maximum Gasteiger partial charge on any atom is 0.253 e. The zero-order valence-electron chi connectivity index (χ0n) is 19.5. The van der Waals surface area contributed by atoms with Crippen LogP contribution in [0, 0.1) is 5.41 Å². The van der Waals surface area contributed by atoms with Crippen molar-refractivity contribution in [3.05, 3.63) is 101 Å². The second-order valence-corrected chi connectivity index (χ2v) is 10.1. The summed E-state index contributed by atoms with van der Waals surface area (Å²) in [6.45, 7) is 5.40. The first-order valence-corrected chi connectivity index (χ1v) is 12.5. The maximum absolute atomic E-state index is 12.9. The van der Waals surface area contributed by atoms with Gasteiger partial charge in [-0.15, -0.1) is 0 Å². The third kappa shape index (κ3) is 5.45. The van der Waals surface area contributed by atoms with Crippen LogP contribution >= 0.6 is 11.6 Å². The Bertz CT molecular complexity index is 1110. The number of hydrogen-bond donors (Lipinski definition) is 0. The van der Waals surface area contributed by atoms with Crippen molar-refractivity contribution in [2.24, 2.45) is 5.41 Å². The zero-order chi connectivity index (χ0) is 23.4. The minimum absolute atomic E-state index is 0.119. The minimum atomic E-state index is 0.119. The summed E-state index contributed by atoms with van der Waals surface area (Å²) in [5.41, 5.74) is 3.52. The topological polar surface area (TPSA) is 32.8 Å². The molecular weight excluding hydrogens is 444 g/mol. The van der Waals surface area contributed by atoms with E-state index in [-0.39, 0.29) is 5.91 Å². The average molecular weight is 475 g/mol. The highest BCUT2D eigenvalue weighted by atomic mass is 35.5. The fraction of sp³-hybridized carbons (Fsp3) is 0.345. The van der Waals surface area contributed by atoms with E-state index in [1.54, 1.807) is 12.1 Å². The van der Waals surface area contributed by atoms with E-state index in [4.69, 9.17) is 16.3 Å². The van der Waals surface area contributed by atoms with E-state index in [0.717, 1.165) is 56.9 Å². The van der Waals surface area contributed by atoms with Crippen molar-refractivity contribution in [3.63, 3.8) is 0 Å². The monoisotopic (exact) mass is 474 g/mol. The predicted octanol–water partition coefficient (Wildman–Crippen LogP) is 6.05. The number of piperidine rings is 1. The van der Waals surface area contributed by atoms with Crippen molar-refractivity contribution < 1.29 is 9.53 Å². The van der Waals surface area contributed by atoms with E-state index in [1.165, 1.54) is 17.5 Å². The van der Waals surface area contributed by atoms with Crippen molar-refractivity contribution >= 4 is 17.5 Å². The van der Waals surface area contributed by atoms with Crippen LogP contribution in [0.3, 0.4) is 0 Å². The molecule has 2 heterocycles. The molecule has 176 valence electrons. The molecule has 2 aliphatic rings. The van der Waals surface area contributed by atoms with Crippen molar-refractivity contribution in [1.82, 2.24) is 9.80 Å². The van der Waals surface area contributed by atoms with Crippen molar-refractivity contribution in [1.29, 1.82) is 0 Å². The molecule has 0 aliphatic carbocycles. The van der Waals surface area contributed by atoms with Crippen LogP contribution in [0.5, 0.6) is 5.75 Å². The fourth-order valence-electron chi connectivity index (χ4n) is 5.26. The summed E-state index contributed by atoms with van der Waals surface area (Å²) in [6.07, 6.45) is 3.35. The Morgan fingerprint density at radius 1 is 0.853 bits per heavy atom. The molecule has 3 aromatic carbocycles. The summed E-state index contributed by atoms with van der Waals surface area (Å²) in [6, 6.07) is 26.0. The smallest absolute Gasteiger partial charge is 0.253 e. The second-order valence-electron chi connectivity index (χ2n) is 9.68. The van der Waals surface area contributed by atoms with Gasteiger partial charge in [0.2, 0.25) is 0 Å². The van der Waals surface area contributed by atoms with Crippen molar-refractivity contribution in [2.45, 2.75) is 32.4 Å². The van der Waals surface area contributed by atoms with E-state index in [2.05, 4.69) is 35.2 Å². The lowest BCUT2D eigenvalue weighted by Crippen LogP contribution is -2.44. The normalized spacial score (nSPS) is 17.7. The number of carbonyl (C=O) groups excluding carboxylic acids is 1. The number of halogens is 1. The van der Waals surface area contributed by atoms with Crippen LogP contribution in [0.2, 0.25) is 5.02 Å². The van der Waals surface area contributed by atoms with Gasteiger partial charge in [0.1, 0.15) is 12.4 Å². The third-order valence-corrected chi connectivity index (χ3v) is 7.52. The van der Waals surface area contributed by atoms with Gasteiger partial charge in [0.15, 0.2) is 0 Å². The number of nitrogens with zero attached hydrogens (tertiary/aromatic N) is 2. The van der Waals surface area contributed by atoms with Crippen LogP contribution in [-0.2, 0) is 13.2 Å². The Balaban J connectivity index is 1.13. The van der Waals surface area contributed by atoms with Crippen molar-refractivity contribution in [3.8, 4) is 5.75 Å². The molecule has 2 fully saturated rings. The summed E-state index contributed by atoms with van der Waals surface area (Å²) in [5, 5.41) is 0.661. The van der Waals surface area contributed by atoms with Crippen LogP contribution in [-0.4, -0.2) is 41.9 Å². The lowest BCUT2D eigenvalue weighted by molar-refractivity contribution is 0.0588. The Hall–Kier alpha value is -2.82. The molecule has 5 rings (SSSR count). The molecule has 0 N–H and O–H groups in total. The predicted molar refractivity (Wildman–Crippen MR) is 136 cm³/mol. The molecule has 0 aromatic heterocycles. The quantitative estimate of drug-likeness (QED) is 0.436. The van der Waals surface area contributed by atoms with Gasteiger partial charge in [-0.3, -0.25) is 9.69 Å². The highest BCUT2D eigenvalue weighted by Gasteiger charge is 2.41. The number of ether oxygens (including phenoxy) is 1. The molecule has 34 heavy (non-hydrogen) atoms. The standard InChI is InChI=1S/C29H31ClN2O2/c30-26-11-9-25(10-12-26)28(33)32-17-14-29(15-18-32)13-16-31(22-29)20-24-7-4-8-27(19-24)34-21-23-5-2-1-3-6-23/h1-12,19H,13-18,20-22H2. The molecule has 3 aromatic rings. The number of hydrogen-bond acceptors (Lipinski definition) is 3. The summed E-state index contributed by atoms with van der Waals surface area (Å²) >= 11 is 5.97. The van der Waals surface area contributed by atoms with Crippen molar-refractivity contribution in [2.75, 3.05) is 26.2 Å². The van der Waals surface area contributed by atoms with E-state index in [1.807, 2.05) is 41.3 Å². The molecule has 0 bridgehead atoms. The number of carbonyl (C=O) groups is 1. The molecule has 1 spiro atoms. The zero-order valence-corrected chi connectivity index (χ0v) is 20.2. The Kier molecular flexibility index (Phi) is 6.89. The van der Waals surface area contributed by atoms with Gasteiger partial charge in [-0.05, 0) is 78.7 Å². The molecule has 1 amide bonds. The molecule has 0 unspecified atom stereocenters. The first-order chi connectivity index (χ1) is 16.6. The highest BCUT2D eigenvalue weighted by Crippen LogP contribution is 2.41. The molecule has 0 atom stereocenters. The van der Waals surface area contributed by atoms with Gasteiger partial charge in [0.05, 0.1) is 0 Å². The Morgan fingerprint density at radius 2 is 1.56 bits per heavy atom. The lowest BCUT2D eigenvalue weighted by Gasteiger charge is -2.39. The van der Waals surface area contributed by atoms with Crippen LogP contribution in [0.1, 0.15) is 40.7 Å². The first kappa shape index (κ1) is 22.9. The summed E-state index contributed by atoms with van der Waals surface area (Å²) < 4.78 is 6.02. The van der Waals surface area contributed by atoms with Crippen LogP contribution in [0.25, 0.3) is 0 Å². The lowest BCUT2D eigenvalue weighted by atomic mass is 9.77. The minimum Gasteiger partial charge on any atom is -0.489 e. The summed E-state index contributed by atoms with van der Waals surface area (Å²) in [4.78, 5) is 17.4. The number of rotatable bonds is 6. The van der Waals surface area contributed by atoms with Gasteiger partial charge in [-0.1, -0.05) is 54.1 Å². The molecule has 2 saturated heterocycles. The van der Waals surface area contributed by atoms with Crippen LogP contribution < -0.4 is 4.74 Å². The van der Waals surface area contributed by atoms with Gasteiger partial charge in [-0.2, -0.15) is 0 Å². The largest absolute Gasteiger partial charge is 0.489 e. The van der Waals surface area contributed by atoms with Crippen LogP contribution in [0.4, 0.5) is 0 Å². The van der Waals surface area contributed by atoms with Crippen LogP contribution in [0.15, 0.2) is 78.9 Å². The van der Waals surface area contributed by atoms with E-state index in [0.29, 0.717) is 17.0 Å². The number of amides is 1. The Morgan fingerprint density at radius 3 is 2.32 bits per heavy atom. The van der Waals surface area contributed by atoms with E-state index in [9.17, 15) is 4.79 Å². The molecule has 2 aliphatic heterocycles. The van der Waals surface area contributed by atoms with E-state index >= 15 is 0 Å². The Labute approximate surface area is 207 Å². The molecule has 5 heteroatoms. The molecule has 0 radical (unpaired) electrons. The highest BCUT2D eigenvalue weighted by molar-refractivity contribution is 6.30. The number of likely N-dealkylation sites (tertiary alicyclic amines) is 2. The van der Waals surface area contributed by atoms with Gasteiger partial charge >= 0.3 is 0 Å². The van der Waals surface area contributed by atoms with Gasteiger partial charge in [0, 0.05) is 36.8 Å². The third-order valence-electron chi connectivity index (χ3n) is 7.27. The van der Waals surface area contributed by atoms with E-state index < -0.39 is 0 Å². The van der Waals surface area contributed by atoms with Gasteiger partial charge < -0.3 is 9.64 Å². The first-order valence-electron chi connectivity index (χ1n) is 12.1. The van der Waals surface area contributed by atoms with Gasteiger partial charge in [-0.25, -0.2) is 0 Å². The summed E-state index contributed by atoms with van der Waals surface area (Å²) in [5.74, 6) is 1.04. The fourth-order valence-corrected chi connectivity index (χ4v) is 5.39. The molecule has 4 nitrogen and oxygen atoms in total. The second kappa shape index (κ2) is 10.2. The summed E-state index contributed by atoms with van der Waals surface area (Å²) in [7, 11) is 0. The average Bonchev–Trinajstić information content (AvgIpc) is 3.26. The SMILES string of the molecule is O=C(c1ccc(Cl)cc1)N1CCC2(CCN(Cc3cccc(OCc4ccccc4)c3)C2)CC1. The number of benzene rings is 3. The molecular formula is C29H31ClN2O2. The molecule has 0 saturated carbocycles. The van der Waals surface area contributed by atoms with Gasteiger partial charge in [0.25, 0.3) is 5.91 Å². The maximum atomic E-state index is 12.9.